The monoisotopic (exact) mass is 211 g/mol. The van der Waals surface area contributed by atoms with Crippen LogP contribution in [0.4, 0.5) is 8.78 Å². The first-order valence-electron chi connectivity index (χ1n) is 5.31. The van der Waals surface area contributed by atoms with Crippen LogP contribution in [-0.4, -0.2) is 0 Å². The van der Waals surface area contributed by atoms with Crippen molar-refractivity contribution in [2.24, 2.45) is 11.7 Å². The second-order valence-corrected chi connectivity index (χ2v) is 4.31. The molecule has 1 saturated carbocycles. The summed E-state index contributed by atoms with van der Waals surface area (Å²) in [7, 11) is 0. The normalized spacial score (nSPS) is 18.7. The van der Waals surface area contributed by atoms with Crippen molar-refractivity contribution < 1.29 is 8.78 Å². The fourth-order valence-corrected chi connectivity index (χ4v) is 2.02. The average molecular weight is 211 g/mol. The summed E-state index contributed by atoms with van der Waals surface area (Å²) in [6.45, 7) is 1.63. The van der Waals surface area contributed by atoms with Crippen LogP contribution in [0.1, 0.15) is 36.4 Å². The first-order valence-corrected chi connectivity index (χ1v) is 5.31. The van der Waals surface area contributed by atoms with E-state index in [1.165, 1.54) is 12.1 Å². The van der Waals surface area contributed by atoms with Gasteiger partial charge in [0.15, 0.2) is 0 Å². The third-order valence-electron chi connectivity index (χ3n) is 3.31. The van der Waals surface area contributed by atoms with Gasteiger partial charge in [0.05, 0.1) is 0 Å². The van der Waals surface area contributed by atoms with E-state index in [0.717, 1.165) is 19.3 Å². The fraction of sp³-hybridized carbons (Fsp3) is 0.500. The molecule has 1 aromatic rings. The number of nitrogens with two attached hydrogens (primary N) is 1. The second kappa shape index (κ2) is 3.89. The molecule has 1 aliphatic carbocycles. The molecule has 0 heterocycles. The molecule has 15 heavy (non-hydrogen) atoms. The minimum Gasteiger partial charge on any atom is -0.324 e. The van der Waals surface area contributed by atoms with Gasteiger partial charge in [-0.3, -0.25) is 0 Å². The first kappa shape index (κ1) is 10.6. The predicted octanol–water partition coefficient (Wildman–Crippen LogP) is 3.07. The van der Waals surface area contributed by atoms with Crippen LogP contribution in [0.3, 0.4) is 0 Å². The lowest BCUT2D eigenvalue weighted by Crippen LogP contribution is -2.28. The molecule has 1 atom stereocenters. The largest absolute Gasteiger partial charge is 0.324 e. The highest BCUT2D eigenvalue weighted by Gasteiger charge is 2.29. The van der Waals surface area contributed by atoms with Crippen LogP contribution in [0.25, 0.3) is 0 Å². The molecule has 1 aliphatic rings. The zero-order chi connectivity index (χ0) is 11.0. The lowest BCUT2D eigenvalue weighted by molar-refractivity contribution is 0.256. The van der Waals surface area contributed by atoms with E-state index in [1.807, 2.05) is 0 Å². The van der Waals surface area contributed by atoms with E-state index in [0.29, 0.717) is 5.56 Å². The Morgan fingerprint density at radius 1 is 1.33 bits per heavy atom. The van der Waals surface area contributed by atoms with Gasteiger partial charge in [0.1, 0.15) is 11.6 Å². The Labute approximate surface area is 88.3 Å². The molecule has 0 unspecified atom stereocenters. The van der Waals surface area contributed by atoms with E-state index in [-0.39, 0.29) is 11.5 Å². The van der Waals surface area contributed by atoms with Gasteiger partial charge in [-0.05, 0) is 37.3 Å². The molecule has 0 amide bonds. The van der Waals surface area contributed by atoms with Crippen LogP contribution in [0.2, 0.25) is 0 Å². The van der Waals surface area contributed by atoms with Crippen molar-refractivity contribution in [1.82, 2.24) is 0 Å². The molecule has 0 bridgehead atoms. The Balaban J connectivity index is 2.36. The molecular weight excluding hydrogens is 196 g/mol. The topological polar surface area (TPSA) is 26.0 Å². The molecule has 0 aromatic heterocycles. The van der Waals surface area contributed by atoms with Gasteiger partial charge in [-0.1, -0.05) is 12.5 Å². The van der Waals surface area contributed by atoms with E-state index >= 15 is 0 Å². The third-order valence-corrected chi connectivity index (χ3v) is 3.31. The fourth-order valence-electron chi connectivity index (χ4n) is 2.02. The Kier molecular flexibility index (Phi) is 2.74. The van der Waals surface area contributed by atoms with E-state index < -0.39 is 17.7 Å². The van der Waals surface area contributed by atoms with Crippen molar-refractivity contribution in [3.05, 3.63) is 34.9 Å². The average Bonchev–Trinajstić information content (AvgIpc) is 2.09. The highest BCUT2D eigenvalue weighted by atomic mass is 19.1. The molecule has 82 valence electrons. The predicted molar refractivity (Wildman–Crippen MR) is 55.4 cm³/mol. The molecular formula is C12H15F2N. The van der Waals surface area contributed by atoms with E-state index in [9.17, 15) is 8.78 Å². The van der Waals surface area contributed by atoms with Crippen molar-refractivity contribution in [2.45, 2.75) is 32.2 Å². The number of aryl methyl sites for hydroxylation is 1. The summed E-state index contributed by atoms with van der Waals surface area (Å²) in [5, 5.41) is 0. The van der Waals surface area contributed by atoms with Crippen molar-refractivity contribution in [2.75, 3.05) is 0 Å². The Hall–Kier alpha value is -0.960. The van der Waals surface area contributed by atoms with Crippen LogP contribution in [0.5, 0.6) is 0 Å². The number of hydrogen-bond donors (Lipinski definition) is 1. The van der Waals surface area contributed by atoms with Gasteiger partial charge in [0, 0.05) is 11.6 Å². The van der Waals surface area contributed by atoms with Crippen molar-refractivity contribution >= 4 is 0 Å². The van der Waals surface area contributed by atoms with E-state index in [4.69, 9.17) is 5.73 Å². The van der Waals surface area contributed by atoms with Crippen molar-refractivity contribution in [3.8, 4) is 0 Å². The molecule has 0 aliphatic heterocycles. The first-order chi connectivity index (χ1) is 7.11. The molecule has 1 nitrogen and oxygen atoms in total. The van der Waals surface area contributed by atoms with Crippen molar-refractivity contribution in [3.63, 3.8) is 0 Å². The lowest BCUT2D eigenvalue weighted by Gasteiger charge is -2.32. The molecule has 0 radical (unpaired) electrons. The smallest absolute Gasteiger partial charge is 0.133 e. The van der Waals surface area contributed by atoms with Crippen molar-refractivity contribution in [1.29, 1.82) is 0 Å². The van der Waals surface area contributed by atoms with E-state index in [2.05, 4.69) is 0 Å². The highest BCUT2D eigenvalue weighted by Crippen LogP contribution is 2.38. The summed E-state index contributed by atoms with van der Waals surface area (Å²) in [4.78, 5) is 0. The van der Waals surface area contributed by atoms with Crippen LogP contribution < -0.4 is 5.73 Å². The minimum atomic E-state index is -0.516. The Morgan fingerprint density at radius 2 is 2.00 bits per heavy atom. The molecule has 2 rings (SSSR count). The zero-order valence-corrected chi connectivity index (χ0v) is 8.76. The Morgan fingerprint density at radius 3 is 2.53 bits per heavy atom. The van der Waals surface area contributed by atoms with Crippen LogP contribution in [0, 0.1) is 24.5 Å². The van der Waals surface area contributed by atoms with Gasteiger partial charge >= 0.3 is 0 Å². The van der Waals surface area contributed by atoms with Crippen LogP contribution >= 0.6 is 0 Å². The molecule has 0 spiro atoms. The van der Waals surface area contributed by atoms with Crippen LogP contribution in [-0.2, 0) is 0 Å². The van der Waals surface area contributed by atoms with Gasteiger partial charge < -0.3 is 5.73 Å². The molecule has 3 heteroatoms. The Bertz CT molecular complexity index is 372. The summed E-state index contributed by atoms with van der Waals surface area (Å²) >= 11 is 0. The summed E-state index contributed by atoms with van der Waals surface area (Å²) in [6.07, 6.45) is 3.08. The zero-order valence-electron chi connectivity index (χ0n) is 8.76. The summed E-state index contributed by atoms with van der Waals surface area (Å²) < 4.78 is 27.2. The maximum Gasteiger partial charge on any atom is 0.133 e. The second-order valence-electron chi connectivity index (χ2n) is 4.31. The third kappa shape index (κ3) is 1.76. The van der Waals surface area contributed by atoms with Gasteiger partial charge in [0.2, 0.25) is 0 Å². The van der Waals surface area contributed by atoms with Gasteiger partial charge in [0.25, 0.3) is 0 Å². The maximum absolute atomic E-state index is 13.7. The SMILES string of the molecule is Cc1ccc(F)c([C@H](N)C2CCC2)c1F. The summed E-state index contributed by atoms with van der Waals surface area (Å²) in [6, 6.07) is 2.26. The number of halogens is 2. The molecule has 1 aromatic carbocycles. The summed E-state index contributed by atoms with van der Waals surface area (Å²) in [5.41, 5.74) is 6.42. The standard InChI is InChI=1S/C12H15F2N/c1-7-5-6-9(13)10(11(7)14)12(15)8-3-2-4-8/h5-6,8,12H,2-4,15H2,1H3/t12-/m1/s1. The van der Waals surface area contributed by atoms with Crippen LogP contribution in [0.15, 0.2) is 12.1 Å². The van der Waals surface area contributed by atoms with Gasteiger partial charge in [-0.2, -0.15) is 0 Å². The summed E-state index contributed by atoms with van der Waals surface area (Å²) in [5.74, 6) is -0.748. The van der Waals surface area contributed by atoms with E-state index in [1.54, 1.807) is 6.92 Å². The lowest BCUT2D eigenvalue weighted by atomic mass is 9.77. The molecule has 0 saturated heterocycles. The van der Waals surface area contributed by atoms with Gasteiger partial charge in [-0.15, -0.1) is 0 Å². The quantitative estimate of drug-likeness (QED) is 0.799. The molecule has 1 fully saturated rings. The number of rotatable bonds is 2. The van der Waals surface area contributed by atoms with Gasteiger partial charge in [-0.25, -0.2) is 8.78 Å². The number of hydrogen-bond acceptors (Lipinski definition) is 1. The maximum atomic E-state index is 13.7. The minimum absolute atomic E-state index is 0.0692. The number of benzene rings is 1. The highest BCUT2D eigenvalue weighted by molar-refractivity contribution is 5.29. The molecule has 2 N–H and O–H groups in total.